The second-order valence-corrected chi connectivity index (χ2v) is 2.77. The topological polar surface area (TPSA) is 75.7 Å². The number of aliphatic hydroxyl groups excluding tert-OH is 2. The van der Waals surface area contributed by atoms with Crippen molar-refractivity contribution in [2.75, 3.05) is 6.79 Å². The second-order valence-electron chi connectivity index (χ2n) is 2.77. The molecule has 0 bridgehead atoms. The molecule has 3 unspecified atom stereocenters. The Morgan fingerprint density at radius 3 is 2.36 bits per heavy atom. The van der Waals surface area contributed by atoms with Gasteiger partial charge in [0.2, 0.25) is 0 Å². The minimum absolute atomic E-state index is 0.152. The van der Waals surface area contributed by atoms with Crippen LogP contribution in [0, 0.1) is 0 Å². The molecule has 11 heavy (non-hydrogen) atoms. The van der Waals surface area contributed by atoms with Crippen molar-refractivity contribution in [2.24, 2.45) is 5.73 Å². The predicted molar refractivity (Wildman–Crippen MR) is 41.9 cm³/mol. The Labute approximate surface area is 67.0 Å². The number of nitrogens with two attached hydrogens (primary N) is 1. The van der Waals surface area contributed by atoms with Gasteiger partial charge in [-0.1, -0.05) is 0 Å². The molecular formula is C7H17NO3. The van der Waals surface area contributed by atoms with E-state index in [4.69, 9.17) is 15.6 Å². The van der Waals surface area contributed by atoms with Gasteiger partial charge in [-0.2, -0.15) is 0 Å². The summed E-state index contributed by atoms with van der Waals surface area (Å²) in [6, 6.07) is -0.250. The van der Waals surface area contributed by atoms with E-state index in [1.165, 1.54) is 0 Å². The Morgan fingerprint density at radius 1 is 1.45 bits per heavy atom. The summed E-state index contributed by atoms with van der Waals surface area (Å²) in [6.45, 7) is 3.20. The van der Waals surface area contributed by atoms with Crippen LogP contribution in [0.1, 0.15) is 20.3 Å². The van der Waals surface area contributed by atoms with Crippen LogP contribution in [0.2, 0.25) is 0 Å². The van der Waals surface area contributed by atoms with Gasteiger partial charge in [-0.15, -0.1) is 0 Å². The molecule has 0 aliphatic rings. The Hall–Kier alpha value is -0.160. The highest BCUT2D eigenvalue weighted by molar-refractivity contribution is 4.69. The standard InChI is InChI=1S/C7H17NO3/c1-5(11-4-9)3-7(10)6(2)8/h5-7,9-10H,3-4,8H2,1-2H3. The van der Waals surface area contributed by atoms with E-state index in [-0.39, 0.29) is 18.9 Å². The van der Waals surface area contributed by atoms with Gasteiger partial charge in [-0.05, 0) is 13.8 Å². The molecule has 0 spiro atoms. The number of hydrogen-bond donors (Lipinski definition) is 3. The minimum Gasteiger partial charge on any atom is -0.391 e. The minimum atomic E-state index is -0.559. The van der Waals surface area contributed by atoms with Crippen LogP contribution >= 0.6 is 0 Å². The molecule has 0 rings (SSSR count). The van der Waals surface area contributed by atoms with E-state index in [0.29, 0.717) is 6.42 Å². The lowest BCUT2D eigenvalue weighted by Gasteiger charge is -2.18. The van der Waals surface area contributed by atoms with E-state index in [0.717, 1.165) is 0 Å². The zero-order valence-corrected chi connectivity index (χ0v) is 7.03. The lowest BCUT2D eigenvalue weighted by atomic mass is 10.1. The van der Waals surface area contributed by atoms with Crippen molar-refractivity contribution in [3.8, 4) is 0 Å². The highest BCUT2D eigenvalue weighted by Gasteiger charge is 2.13. The molecular weight excluding hydrogens is 146 g/mol. The maximum absolute atomic E-state index is 9.24. The van der Waals surface area contributed by atoms with Gasteiger partial charge < -0.3 is 20.7 Å². The summed E-state index contributed by atoms with van der Waals surface area (Å²) in [6.07, 6.45) is -0.254. The molecule has 0 saturated heterocycles. The second kappa shape index (κ2) is 5.49. The lowest BCUT2D eigenvalue weighted by molar-refractivity contribution is -0.0596. The maximum Gasteiger partial charge on any atom is 0.143 e. The number of aliphatic hydroxyl groups is 2. The smallest absolute Gasteiger partial charge is 0.143 e. The average molecular weight is 163 g/mol. The molecule has 4 nitrogen and oxygen atoms in total. The van der Waals surface area contributed by atoms with Gasteiger partial charge in [0.25, 0.3) is 0 Å². The third-order valence-electron chi connectivity index (χ3n) is 1.54. The van der Waals surface area contributed by atoms with Crippen molar-refractivity contribution in [1.82, 2.24) is 0 Å². The van der Waals surface area contributed by atoms with E-state index >= 15 is 0 Å². The van der Waals surface area contributed by atoms with E-state index in [1.807, 2.05) is 0 Å². The fourth-order valence-electron chi connectivity index (χ4n) is 0.750. The molecule has 0 amide bonds. The number of hydrogen-bond acceptors (Lipinski definition) is 4. The van der Waals surface area contributed by atoms with Crippen LogP contribution in [0.25, 0.3) is 0 Å². The van der Waals surface area contributed by atoms with Crippen LogP contribution in [0.15, 0.2) is 0 Å². The highest BCUT2D eigenvalue weighted by atomic mass is 16.6. The Morgan fingerprint density at radius 2 is 2.00 bits per heavy atom. The monoisotopic (exact) mass is 163 g/mol. The molecule has 0 heterocycles. The molecule has 0 aromatic heterocycles. The van der Waals surface area contributed by atoms with E-state index in [9.17, 15) is 5.11 Å². The van der Waals surface area contributed by atoms with Crippen LogP contribution in [-0.4, -0.2) is 35.3 Å². The van der Waals surface area contributed by atoms with Gasteiger partial charge in [0.15, 0.2) is 0 Å². The molecule has 0 fully saturated rings. The lowest BCUT2D eigenvalue weighted by Crippen LogP contribution is -2.34. The van der Waals surface area contributed by atoms with Crippen molar-refractivity contribution in [2.45, 2.75) is 38.5 Å². The summed E-state index contributed by atoms with van der Waals surface area (Å²) in [5.74, 6) is 0. The third kappa shape index (κ3) is 5.15. The first-order valence-electron chi connectivity index (χ1n) is 3.74. The summed E-state index contributed by atoms with van der Waals surface area (Å²) >= 11 is 0. The zero-order chi connectivity index (χ0) is 8.85. The fraction of sp³-hybridized carbons (Fsp3) is 1.00. The third-order valence-corrected chi connectivity index (χ3v) is 1.54. The zero-order valence-electron chi connectivity index (χ0n) is 7.03. The number of rotatable bonds is 5. The Balaban J connectivity index is 3.48. The van der Waals surface area contributed by atoms with Crippen molar-refractivity contribution >= 4 is 0 Å². The largest absolute Gasteiger partial charge is 0.391 e. The van der Waals surface area contributed by atoms with Crippen molar-refractivity contribution in [1.29, 1.82) is 0 Å². The Kier molecular flexibility index (Phi) is 5.41. The van der Waals surface area contributed by atoms with Crippen LogP contribution in [-0.2, 0) is 4.74 Å². The summed E-state index contributed by atoms with van der Waals surface area (Å²) in [7, 11) is 0. The van der Waals surface area contributed by atoms with Crippen molar-refractivity contribution in [3.05, 3.63) is 0 Å². The van der Waals surface area contributed by atoms with Gasteiger partial charge in [-0.3, -0.25) is 0 Å². The summed E-state index contributed by atoms with van der Waals surface area (Å²) in [5, 5.41) is 17.6. The first kappa shape index (κ1) is 10.8. The van der Waals surface area contributed by atoms with Crippen LogP contribution in [0.4, 0.5) is 0 Å². The molecule has 0 aliphatic carbocycles. The van der Waals surface area contributed by atoms with E-state index in [2.05, 4.69) is 0 Å². The molecule has 0 saturated carbocycles. The first-order valence-corrected chi connectivity index (χ1v) is 3.74. The normalized spacial score (nSPS) is 19.4. The van der Waals surface area contributed by atoms with Crippen molar-refractivity contribution in [3.63, 3.8) is 0 Å². The van der Waals surface area contributed by atoms with Gasteiger partial charge in [0, 0.05) is 12.5 Å². The predicted octanol–water partition coefficient (Wildman–Crippen LogP) is -0.560. The van der Waals surface area contributed by atoms with E-state index < -0.39 is 6.10 Å². The van der Waals surface area contributed by atoms with E-state index in [1.54, 1.807) is 13.8 Å². The molecule has 0 radical (unpaired) electrons. The average Bonchev–Trinajstić information content (AvgIpc) is 1.87. The fourth-order valence-corrected chi connectivity index (χ4v) is 0.750. The summed E-state index contributed by atoms with van der Waals surface area (Å²) in [4.78, 5) is 0. The van der Waals surface area contributed by atoms with Gasteiger partial charge in [-0.25, -0.2) is 0 Å². The summed E-state index contributed by atoms with van der Waals surface area (Å²) < 4.78 is 4.80. The molecule has 0 aliphatic heterocycles. The molecule has 3 atom stereocenters. The first-order chi connectivity index (χ1) is 5.07. The van der Waals surface area contributed by atoms with Gasteiger partial charge in [0.05, 0.1) is 12.2 Å². The van der Waals surface area contributed by atoms with Gasteiger partial charge in [0.1, 0.15) is 6.79 Å². The summed E-state index contributed by atoms with van der Waals surface area (Å²) in [5.41, 5.74) is 5.41. The SMILES string of the molecule is CC(CC(O)C(C)N)OCO. The van der Waals surface area contributed by atoms with Crippen molar-refractivity contribution < 1.29 is 14.9 Å². The quantitative estimate of drug-likeness (QED) is 0.475. The molecule has 0 aromatic carbocycles. The molecule has 4 heteroatoms. The molecule has 0 aromatic rings. The number of ether oxygens (including phenoxy) is 1. The molecule has 68 valence electrons. The Bertz CT molecular complexity index is 97.7. The molecule has 4 N–H and O–H groups in total. The van der Waals surface area contributed by atoms with Crippen LogP contribution < -0.4 is 5.73 Å². The maximum atomic E-state index is 9.24. The van der Waals surface area contributed by atoms with Crippen LogP contribution in [0.3, 0.4) is 0 Å². The van der Waals surface area contributed by atoms with Gasteiger partial charge >= 0.3 is 0 Å². The van der Waals surface area contributed by atoms with Crippen LogP contribution in [0.5, 0.6) is 0 Å². The highest BCUT2D eigenvalue weighted by Crippen LogP contribution is 2.03.